The van der Waals surface area contributed by atoms with Gasteiger partial charge in [-0.3, -0.25) is 14.4 Å². The zero-order valence-electron chi connectivity index (χ0n) is 43.1. The van der Waals surface area contributed by atoms with Crippen LogP contribution in [0.2, 0.25) is 0 Å². The monoisotopic (exact) mass is 927 g/mol. The Kier molecular flexibility index (Phi) is 51.0. The van der Waals surface area contributed by atoms with Crippen LogP contribution < -0.4 is 0 Å². The molecule has 0 aromatic carbocycles. The molecular weight excluding hydrogens is 829 g/mol. The molecule has 0 N–H and O–H groups in total. The predicted molar refractivity (Wildman–Crippen MR) is 288 cm³/mol. The molecule has 1 atom stereocenters. The van der Waals surface area contributed by atoms with Crippen molar-refractivity contribution in [3.05, 3.63) is 122 Å². The number of rotatable bonds is 47. The summed E-state index contributed by atoms with van der Waals surface area (Å²) in [6.07, 6.45) is 74.6. The smallest absolute Gasteiger partial charge is 0.306 e. The van der Waals surface area contributed by atoms with Gasteiger partial charge in [-0.05, 0) is 89.9 Å². The van der Waals surface area contributed by atoms with Crippen molar-refractivity contribution in [3.63, 3.8) is 0 Å². The molecule has 0 spiro atoms. The fourth-order valence-electron chi connectivity index (χ4n) is 7.06. The summed E-state index contributed by atoms with van der Waals surface area (Å²) in [5.74, 6) is -0.982. The molecule has 0 radical (unpaired) electrons. The SMILES string of the molecule is CC\C=C/C=C\C=C/C=C\C=C\C=C/C=C\CCCCCC(=O)OCC(COC(=O)CCCCCCC/C=C\CCCCC)OC(=O)CCCCCCC/C=C\C=C/CCCCCCCCC. The van der Waals surface area contributed by atoms with Crippen molar-refractivity contribution in [1.29, 1.82) is 0 Å². The number of esters is 3. The maximum Gasteiger partial charge on any atom is 0.306 e. The van der Waals surface area contributed by atoms with Crippen LogP contribution in [0.5, 0.6) is 0 Å². The molecule has 0 aliphatic heterocycles. The van der Waals surface area contributed by atoms with Crippen LogP contribution in [-0.2, 0) is 28.6 Å². The molecule has 0 heterocycles. The van der Waals surface area contributed by atoms with E-state index in [1.807, 2.05) is 72.9 Å². The van der Waals surface area contributed by atoms with Gasteiger partial charge < -0.3 is 14.2 Å². The first-order chi connectivity index (χ1) is 33.0. The fraction of sp³-hybridized carbons (Fsp3) is 0.623. The molecule has 6 heteroatoms. The zero-order valence-corrected chi connectivity index (χ0v) is 43.1. The van der Waals surface area contributed by atoms with Crippen molar-refractivity contribution in [3.8, 4) is 0 Å². The highest BCUT2D eigenvalue weighted by Gasteiger charge is 2.19. The lowest BCUT2D eigenvalue weighted by Gasteiger charge is -2.18. The topological polar surface area (TPSA) is 78.9 Å². The molecule has 0 saturated carbocycles. The standard InChI is InChI=1S/C61H98O6/c1-4-7-10-13-16-19-22-25-27-29-31-33-34-36-39-42-45-48-51-54-60(63)66-57-58(56-65-59(62)53-50-47-44-41-38-24-21-18-15-12-9-6-3)67-61(64)55-52-49-46-43-40-37-35-32-30-28-26-23-20-17-14-11-8-5-2/h7,10,13,16,18-19,21-22,25,27-36,39,58H,4-6,8-9,11-12,14-15,17,20,23-24,26,37-38,40-57H2,1-3H3/b10-7-,16-13-,21-18-,22-19-,27-25-,30-28-,31-29+,34-33-,35-32-,39-36-. The molecule has 0 aliphatic carbocycles. The summed E-state index contributed by atoms with van der Waals surface area (Å²) in [4.78, 5) is 38.0. The van der Waals surface area contributed by atoms with Gasteiger partial charge in [0, 0.05) is 19.3 Å². The first kappa shape index (κ1) is 62.8. The van der Waals surface area contributed by atoms with Gasteiger partial charge in [-0.15, -0.1) is 0 Å². The van der Waals surface area contributed by atoms with Gasteiger partial charge in [-0.1, -0.05) is 239 Å². The average Bonchev–Trinajstić information content (AvgIpc) is 3.33. The third kappa shape index (κ3) is 52.6. The van der Waals surface area contributed by atoms with Crippen LogP contribution in [-0.4, -0.2) is 37.2 Å². The van der Waals surface area contributed by atoms with Gasteiger partial charge in [-0.2, -0.15) is 0 Å². The molecule has 0 saturated heterocycles. The Morgan fingerprint density at radius 2 is 0.597 bits per heavy atom. The second-order valence-electron chi connectivity index (χ2n) is 17.6. The number of hydrogen-bond acceptors (Lipinski definition) is 6. The van der Waals surface area contributed by atoms with Gasteiger partial charge in [0.25, 0.3) is 0 Å². The van der Waals surface area contributed by atoms with E-state index in [0.29, 0.717) is 19.3 Å². The molecule has 0 aromatic heterocycles. The van der Waals surface area contributed by atoms with Gasteiger partial charge in [0.15, 0.2) is 6.10 Å². The zero-order chi connectivity index (χ0) is 48.6. The van der Waals surface area contributed by atoms with Crippen LogP contribution in [0.1, 0.15) is 226 Å². The maximum atomic E-state index is 12.8. The lowest BCUT2D eigenvalue weighted by molar-refractivity contribution is -0.167. The van der Waals surface area contributed by atoms with E-state index in [1.54, 1.807) is 0 Å². The van der Waals surface area contributed by atoms with E-state index in [4.69, 9.17) is 14.2 Å². The lowest BCUT2D eigenvalue weighted by Crippen LogP contribution is -2.30. The van der Waals surface area contributed by atoms with E-state index in [2.05, 4.69) is 69.4 Å². The highest BCUT2D eigenvalue weighted by atomic mass is 16.6. The molecule has 378 valence electrons. The van der Waals surface area contributed by atoms with Crippen molar-refractivity contribution in [2.75, 3.05) is 13.2 Å². The van der Waals surface area contributed by atoms with E-state index in [-0.39, 0.29) is 31.1 Å². The molecule has 0 amide bonds. The van der Waals surface area contributed by atoms with Crippen molar-refractivity contribution in [2.24, 2.45) is 0 Å². The van der Waals surface area contributed by atoms with Gasteiger partial charge in [0.05, 0.1) is 0 Å². The van der Waals surface area contributed by atoms with Gasteiger partial charge in [0.2, 0.25) is 0 Å². The first-order valence-electron chi connectivity index (χ1n) is 27.2. The highest BCUT2D eigenvalue weighted by molar-refractivity contribution is 5.71. The minimum absolute atomic E-state index is 0.107. The number of hydrogen-bond donors (Lipinski definition) is 0. The summed E-state index contributed by atoms with van der Waals surface area (Å²) in [5, 5.41) is 0. The van der Waals surface area contributed by atoms with E-state index in [0.717, 1.165) is 103 Å². The Hall–Kier alpha value is -4.19. The molecule has 0 bridgehead atoms. The molecule has 0 rings (SSSR count). The van der Waals surface area contributed by atoms with E-state index >= 15 is 0 Å². The summed E-state index contributed by atoms with van der Waals surface area (Å²) >= 11 is 0. The van der Waals surface area contributed by atoms with Gasteiger partial charge in [0.1, 0.15) is 13.2 Å². The van der Waals surface area contributed by atoms with Gasteiger partial charge >= 0.3 is 17.9 Å². The Bertz CT molecular complexity index is 1440. The highest BCUT2D eigenvalue weighted by Crippen LogP contribution is 2.13. The molecular formula is C61H98O6. The van der Waals surface area contributed by atoms with E-state index < -0.39 is 6.10 Å². The van der Waals surface area contributed by atoms with Crippen LogP contribution in [0.3, 0.4) is 0 Å². The van der Waals surface area contributed by atoms with Crippen molar-refractivity contribution >= 4 is 17.9 Å². The van der Waals surface area contributed by atoms with Crippen LogP contribution in [0, 0.1) is 0 Å². The largest absolute Gasteiger partial charge is 0.462 e. The summed E-state index contributed by atoms with van der Waals surface area (Å²) in [6, 6.07) is 0. The first-order valence-corrected chi connectivity index (χ1v) is 27.2. The molecule has 67 heavy (non-hydrogen) atoms. The summed E-state index contributed by atoms with van der Waals surface area (Å²) in [6.45, 7) is 6.39. The van der Waals surface area contributed by atoms with Gasteiger partial charge in [-0.25, -0.2) is 0 Å². The van der Waals surface area contributed by atoms with Crippen molar-refractivity contribution in [2.45, 2.75) is 232 Å². The molecule has 0 fully saturated rings. The minimum Gasteiger partial charge on any atom is -0.462 e. The number of allylic oxidation sites excluding steroid dienone is 20. The van der Waals surface area contributed by atoms with E-state index in [9.17, 15) is 14.4 Å². The third-order valence-corrected chi connectivity index (χ3v) is 11.1. The van der Waals surface area contributed by atoms with Crippen molar-refractivity contribution < 1.29 is 28.6 Å². The van der Waals surface area contributed by atoms with Crippen LogP contribution in [0.15, 0.2) is 122 Å². The van der Waals surface area contributed by atoms with Crippen LogP contribution >= 0.6 is 0 Å². The second kappa shape index (κ2) is 54.4. The summed E-state index contributed by atoms with van der Waals surface area (Å²) in [7, 11) is 0. The average molecular weight is 927 g/mol. The number of carbonyl (C=O) groups excluding carboxylic acids is 3. The van der Waals surface area contributed by atoms with Crippen molar-refractivity contribution in [1.82, 2.24) is 0 Å². The molecule has 0 aromatic rings. The Balaban J connectivity index is 4.53. The molecule has 0 aliphatic rings. The normalized spacial score (nSPS) is 13.1. The second-order valence-corrected chi connectivity index (χ2v) is 17.6. The maximum absolute atomic E-state index is 12.8. The number of carbonyl (C=O) groups is 3. The quantitative estimate of drug-likeness (QED) is 0.0199. The lowest BCUT2D eigenvalue weighted by atomic mass is 10.1. The molecule has 1 unspecified atom stereocenters. The Morgan fingerprint density at radius 1 is 0.313 bits per heavy atom. The Morgan fingerprint density at radius 3 is 1.01 bits per heavy atom. The number of unbranched alkanes of at least 4 members (excludes halogenated alkanes) is 23. The summed E-state index contributed by atoms with van der Waals surface area (Å²) < 4.78 is 16.8. The predicted octanol–water partition coefficient (Wildman–Crippen LogP) is 18.1. The summed E-state index contributed by atoms with van der Waals surface area (Å²) in [5.41, 5.74) is 0. The number of ether oxygens (including phenoxy) is 3. The fourth-order valence-corrected chi connectivity index (χ4v) is 7.06. The third-order valence-electron chi connectivity index (χ3n) is 11.1. The van der Waals surface area contributed by atoms with Crippen LogP contribution in [0.25, 0.3) is 0 Å². The minimum atomic E-state index is -0.812. The molecule has 6 nitrogen and oxygen atoms in total. The Labute approximate surface area is 412 Å². The van der Waals surface area contributed by atoms with E-state index in [1.165, 1.54) is 83.5 Å². The van der Waals surface area contributed by atoms with Crippen LogP contribution in [0.4, 0.5) is 0 Å².